The van der Waals surface area contributed by atoms with Gasteiger partial charge in [-0.2, -0.15) is 5.26 Å². The van der Waals surface area contributed by atoms with Crippen LogP contribution >= 0.6 is 11.6 Å². The van der Waals surface area contributed by atoms with Crippen LogP contribution in [0.15, 0.2) is 18.2 Å². The highest BCUT2D eigenvalue weighted by atomic mass is 35.5. The Hall–Kier alpha value is -1.57. The minimum atomic E-state index is -0.0308. The van der Waals surface area contributed by atoms with Crippen LogP contribution < -0.4 is 10.6 Å². The van der Waals surface area contributed by atoms with Crippen molar-refractivity contribution in [2.45, 2.75) is 6.92 Å². The van der Waals surface area contributed by atoms with Crippen LogP contribution in [-0.4, -0.2) is 19.0 Å². The van der Waals surface area contributed by atoms with Gasteiger partial charge in [-0.05, 0) is 30.7 Å². The number of hydrogen-bond donors (Lipinski definition) is 2. The highest BCUT2D eigenvalue weighted by Crippen LogP contribution is 2.25. The molecule has 1 aliphatic heterocycles. The summed E-state index contributed by atoms with van der Waals surface area (Å²) >= 11 is 6.01. The first-order valence-electron chi connectivity index (χ1n) is 5.83. The Bertz CT molecular complexity index is 509. The van der Waals surface area contributed by atoms with E-state index >= 15 is 0 Å². The van der Waals surface area contributed by atoms with E-state index in [0.29, 0.717) is 28.7 Å². The predicted octanol–water partition coefficient (Wildman–Crippen LogP) is 2.01. The number of carbonyl (C=O) groups excluding carboxylic acids is 1. The number of nitrogens with one attached hydrogen (secondary N) is 2. The summed E-state index contributed by atoms with van der Waals surface area (Å²) in [5.74, 6) is 0.262. The first-order valence-corrected chi connectivity index (χ1v) is 6.21. The number of amides is 1. The Balaban J connectivity index is 2.10. The summed E-state index contributed by atoms with van der Waals surface area (Å²) < 4.78 is 0. The van der Waals surface area contributed by atoms with E-state index in [2.05, 4.69) is 10.6 Å². The molecule has 1 fully saturated rings. The van der Waals surface area contributed by atoms with Crippen LogP contribution in [0.1, 0.15) is 12.5 Å². The predicted molar refractivity (Wildman–Crippen MR) is 70.3 cm³/mol. The summed E-state index contributed by atoms with van der Waals surface area (Å²) in [7, 11) is 0. The Morgan fingerprint density at radius 1 is 1.56 bits per heavy atom. The van der Waals surface area contributed by atoms with E-state index in [1.807, 2.05) is 13.0 Å². The summed E-state index contributed by atoms with van der Waals surface area (Å²) in [6.45, 7) is 3.60. The maximum absolute atomic E-state index is 12.1. The molecule has 1 heterocycles. The van der Waals surface area contributed by atoms with Gasteiger partial charge in [-0.3, -0.25) is 4.79 Å². The molecule has 0 radical (unpaired) electrons. The molecule has 5 heteroatoms. The molecule has 18 heavy (non-hydrogen) atoms. The lowest BCUT2D eigenvalue weighted by molar-refractivity contribution is -0.120. The van der Waals surface area contributed by atoms with Crippen molar-refractivity contribution in [1.82, 2.24) is 5.32 Å². The molecule has 2 rings (SSSR count). The molecule has 0 unspecified atom stereocenters. The van der Waals surface area contributed by atoms with Gasteiger partial charge in [-0.15, -0.1) is 0 Å². The fourth-order valence-electron chi connectivity index (χ4n) is 2.07. The van der Waals surface area contributed by atoms with Crippen LogP contribution in [-0.2, 0) is 4.79 Å². The van der Waals surface area contributed by atoms with Crippen molar-refractivity contribution in [1.29, 1.82) is 5.26 Å². The lowest BCUT2D eigenvalue weighted by Gasteiger charge is -2.15. The zero-order chi connectivity index (χ0) is 13.1. The summed E-state index contributed by atoms with van der Waals surface area (Å²) in [5, 5.41) is 15.1. The van der Waals surface area contributed by atoms with Crippen molar-refractivity contribution in [3.63, 3.8) is 0 Å². The Morgan fingerprint density at radius 3 is 2.89 bits per heavy atom. The number of nitriles is 1. The van der Waals surface area contributed by atoms with Gasteiger partial charge in [0.05, 0.1) is 28.3 Å². The fourth-order valence-corrected chi connectivity index (χ4v) is 2.30. The number of rotatable bonds is 2. The van der Waals surface area contributed by atoms with Crippen LogP contribution in [0.25, 0.3) is 0 Å². The minimum Gasteiger partial charge on any atom is -0.324 e. The molecule has 1 amide bonds. The molecule has 1 aliphatic rings. The topological polar surface area (TPSA) is 64.9 Å². The summed E-state index contributed by atoms with van der Waals surface area (Å²) in [4.78, 5) is 12.1. The van der Waals surface area contributed by atoms with Crippen molar-refractivity contribution in [2.24, 2.45) is 11.8 Å². The maximum Gasteiger partial charge on any atom is 0.229 e. The summed E-state index contributed by atoms with van der Waals surface area (Å²) in [5.41, 5.74) is 1.04. The Labute approximate surface area is 111 Å². The third-order valence-corrected chi connectivity index (χ3v) is 3.52. The van der Waals surface area contributed by atoms with Crippen molar-refractivity contribution >= 4 is 23.2 Å². The first kappa shape index (κ1) is 12.9. The van der Waals surface area contributed by atoms with E-state index in [4.69, 9.17) is 16.9 Å². The second-order valence-electron chi connectivity index (χ2n) is 4.54. The summed E-state index contributed by atoms with van der Waals surface area (Å²) in [6.07, 6.45) is 0. The smallest absolute Gasteiger partial charge is 0.229 e. The van der Waals surface area contributed by atoms with Crippen LogP contribution in [0.5, 0.6) is 0 Å². The Kier molecular flexibility index (Phi) is 3.85. The molecule has 0 spiro atoms. The zero-order valence-electron chi connectivity index (χ0n) is 10.0. The fraction of sp³-hybridized carbons (Fsp3) is 0.385. The SMILES string of the molecule is C[C@@H]1CNC[C@H]1C(=O)Nc1ccc(C#N)cc1Cl. The quantitative estimate of drug-likeness (QED) is 0.858. The van der Waals surface area contributed by atoms with Gasteiger partial charge in [0.15, 0.2) is 0 Å². The molecule has 0 aromatic heterocycles. The van der Waals surface area contributed by atoms with Crippen LogP contribution in [0.4, 0.5) is 5.69 Å². The minimum absolute atomic E-state index is 0.0286. The average Bonchev–Trinajstić information content (AvgIpc) is 2.78. The van der Waals surface area contributed by atoms with E-state index in [1.165, 1.54) is 0 Å². The lowest BCUT2D eigenvalue weighted by atomic mass is 9.97. The number of anilines is 1. The van der Waals surface area contributed by atoms with Crippen LogP contribution in [0, 0.1) is 23.2 Å². The van der Waals surface area contributed by atoms with E-state index in [-0.39, 0.29) is 11.8 Å². The lowest BCUT2D eigenvalue weighted by Crippen LogP contribution is -2.27. The van der Waals surface area contributed by atoms with Gasteiger partial charge in [-0.25, -0.2) is 0 Å². The van der Waals surface area contributed by atoms with E-state index < -0.39 is 0 Å². The van der Waals surface area contributed by atoms with Crippen molar-refractivity contribution in [3.05, 3.63) is 28.8 Å². The maximum atomic E-state index is 12.1. The van der Waals surface area contributed by atoms with Crippen molar-refractivity contribution < 1.29 is 4.79 Å². The van der Waals surface area contributed by atoms with Gasteiger partial charge in [0.25, 0.3) is 0 Å². The molecule has 2 atom stereocenters. The standard InChI is InChI=1S/C13H14ClN3O/c1-8-6-16-7-10(8)13(18)17-12-3-2-9(5-15)4-11(12)14/h2-4,8,10,16H,6-7H2,1H3,(H,17,18)/t8-,10-/m1/s1. The third kappa shape index (κ3) is 2.63. The second-order valence-corrected chi connectivity index (χ2v) is 4.94. The largest absolute Gasteiger partial charge is 0.324 e. The number of benzene rings is 1. The molecular weight excluding hydrogens is 250 g/mol. The monoisotopic (exact) mass is 263 g/mol. The molecule has 0 bridgehead atoms. The van der Waals surface area contributed by atoms with Gasteiger partial charge in [0.2, 0.25) is 5.91 Å². The molecule has 94 valence electrons. The van der Waals surface area contributed by atoms with E-state index in [0.717, 1.165) is 6.54 Å². The van der Waals surface area contributed by atoms with Gasteiger partial charge >= 0.3 is 0 Å². The normalized spacial score (nSPS) is 22.5. The van der Waals surface area contributed by atoms with Crippen molar-refractivity contribution in [3.8, 4) is 6.07 Å². The summed E-state index contributed by atoms with van der Waals surface area (Å²) in [6, 6.07) is 6.85. The van der Waals surface area contributed by atoms with Crippen LogP contribution in [0.2, 0.25) is 5.02 Å². The van der Waals surface area contributed by atoms with E-state index in [1.54, 1.807) is 18.2 Å². The molecule has 4 nitrogen and oxygen atoms in total. The van der Waals surface area contributed by atoms with Gasteiger partial charge in [0, 0.05) is 6.54 Å². The number of nitrogens with zero attached hydrogens (tertiary/aromatic N) is 1. The van der Waals surface area contributed by atoms with Crippen molar-refractivity contribution in [2.75, 3.05) is 18.4 Å². The van der Waals surface area contributed by atoms with Crippen LogP contribution in [0.3, 0.4) is 0 Å². The molecule has 1 aromatic rings. The Morgan fingerprint density at radius 2 is 2.33 bits per heavy atom. The zero-order valence-corrected chi connectivity index (χ0v) is 10.8. The molecular formula is C13H14ClN3O. The van der Waals surface area contributed by atoms with E-state index in [9.17, 15) is 4.79 Å². The second kappa shape index (κ2) is 5.38. The highest BCUT2D eigenvalue weighted by Gasteiger charge is 2.29. The van der Waals surface area contributed by atoms with Gasteiger partial charge < -0.3 is 10.6 Å². The molecule has 0 aliphatic carbocycles. The number of halogens is 1. The third-order valence-electron chi connectivity index (χ3n) is 3.21. The molecule has 1 saturated heterocycles. The first-order chi connectivity index (χ1) is 8.61. The highest BCUT2D eigenvalue weighted by molar-refractivity contribution is 6.33. The van der Waals surface area contributed by atoms with Gasteiger partial charge in [-0.1, -0.05) is 18.5 Å². The number of carbonyl (C=O) groups is 1. The molecule has 0 saturated carbocycles. The molecule has 2 N–H and O–H groups in total. The molecule has 1 aromatic carbocycles. The average molecular weight is 264 g/mol. The van der Waals surface area contributed by atoms with Gasteiger partial charge in [0.1, 0.15) is 0 Å². The number of hydrogen-bond acceptors (Lipinski definition) is 3.